The average Bonchev–Trinajstić information content (AvgIpc) is 3.02. The summed E-state index contributed by atoms with van der Waals surface area (Å²) in [6.45, 7) is 2.06. The summed E-state index contributed by atoms with van der Waals surface area (Å²) in [5.41, 5.74) is 3.90. The lowest BCUT2D eigenvalue weighted by atomic mass is 10.2. The minimum absolute atomic E-state index is 0.737. The Morgan fingerprint density at radius 1 is 1.04 bits per heavy atom. The smallest absolute Gasteiger partial charge is 0.168 e. The Hall–Kier alpha value is -2.73. The molecule has 2 heterocycles. The van der Waals surface area contributed by atoms with E-state index in [2.05, 4.69) is 55.4 Å². The van der Waals surface area contributed by atoms with Crippen molar-refractivity contribution < 1.29 is 0 Å². The highest BCUT2D eigenvalue weighted by molar-refractivity contribution is 9.10. The average molecular weight is 380 g/mol. The molecule has 5 nitrogen and oxygen atoms in total. The first-order chi connectivity index (χ1) is 11.7. The van der Waals surface area contributed by atoms with Gasteiger partial charge in [-0.15, -0.1) is 0 Å². The highest BCUT2D eigenvalue weighted by Crippen LogP contribution is 2.25. The molecule has 1 N–H and O–H groups in total. The number of aromatic nitrogens is 4. The number of aryl methyl sites for hydroxylation is 1. The van der Waals surface area contributed by atoms with Gasteiger partial charge >= 0.3 is 0 Å². The van der Waals surface area contributed by atoms with Crippen molar-refractivity contribution in [2.75, 3.05) is 5.32 Å². The van der Waals surface area contributed by atoms with Crippen molar-refractivity contribution in [1.82, 2.24) is 19.7 Å². The quantitative estimate of drug-likeness (QED) is 0.563. The molecule has 24 heavy (non-hydrogen) atoms. The summed E-state index contributed by atoms with van der Waals surface area (Å²) in [5, 5.41) is 8.69. The monoisotopic (exact) mass is 379 g/mol. The summed E-state index contributed by atoms with van der Waals surface area (Å²) < 4.78 is 2.87. The summed E-state index contributed by atoms with van der Waals surface area (Å²) in [5.74, 6) is 0.737. The van der Waals surface area contributed by atoms with Crippen LogP contribution in [0, 0.1) is 6.92 Å². The molecule has 0 aliphatic rings. The Bertz CT molecular complexity index is 1010. The van der Waals surface area contributed by atoms with Gasteiger partial charge < -0.3 is 5.32 Å². The summed E-state index contributed by atoms with van der Waals surface area (Å²) in [7, 11) is 0. The van der Waals surface area contributed by atoms with Crippen LogP contribution in [-0.2, 0) is 0 Å². The third-order valence-electron chi connectivity index (χ3n) is 3.72. The van der Waals surface area contributed by atoms with Crippen LogP contribution in [0.2, 0.25) is 0 Å². The molecule has 0 saturated carbocycles. The van der Waals surface area contributed by atoms with E-state index in [1.165, 1.54) is 5.56 Å². The van der Waals surface area contributed by atoms with Crippen molar-refractivity contribution in [2.45, 2.75) is 6.92 Å². The van der Waals surface area contributed by atoms with Gasteiger partial charge in [-0.1, -0.05) is 28.1 Å². The SMILES string of the molecule is Cc1cccc(-n2ncc3c(Nc4ccc(Br)cc4)ncnc32)c1. The third kappa shape index (κ3) is 2.76. The summed E-state index contributed by atoms with van der Waals surface area (Å²) >= 11 is 3.44. The Balaban J connectivity index is 1.77. The number of halogens is 1. The molecular weight excluding hydrogens is 366 g/mol. The van der Waals surface area contributed by atoms with Gasteiger partial charge in [-0.25, -0.2) is 14.6 Å². The standard InChI is InChI=1S/C18H14BrN5/c1-12-3-2-4-15(9-12)24-18-16(10-22-24)17(20-11-21-18)23-14-7-5-13(19)6-8-14/h2-11H,1H3,(H,20,21,23). The van der Waals surface area contributed by atoms with Gasteiger partial charge in [0.2, 0.25) is 0 Å². The van der Waals surface area contributed by atoms with Gasteiger partial charge in [0.05, 0.1) is 17.3 Å². The largest absolute Gasteiger partial charge is 0.340 e. The highest BCUT2D eigenvalue weighted by Gasteiger charge is 2.11. The van der Waals surface area contributed by atoms with Crippen molar-refractivity contribution in [3.05, 3.63) is 71.1 Å². The lowest BCUT2D eigenvalue weighted by molar-refractivity contribution is 0.894. The maximum Gasteiger partial charge on any atom is 0.168 e. The van der Waals surface area contributed by atoms with E-state index in [4.69, 9.17) is 0 Å². The van der Waals surface area contributed by atoms with E-state index in [-0.39, 0.29) is 0 Å². The van der Waals surface area contributed by atoms with Crippen LogP contribution in [0.15, 0.2) is 65.5 Å². The van der Waals surface area contributed by atoms with Crippen LogP contribution in [0.25, 0.3) is 16.7 Å². The van der Waals surface area contributed by atoms with Crippen molar-refractivity contribution in [1.29, 1.82) is 0 Å². The van der Waals surface area contributed by atoms with Gasteiger partial charge in [-0.3, -0.25) is 0 Å². The molecule has 0 atom stereocenters. The van der Waals surface area contributed by atoms with Crippen LogP contribution in [-0.4, -0.2) is 19.7 Å². The molecule has 4 aromatic rings. The topological polar surface area (TPSA) is 55.6 Å². The molecule has 2 aromatic carbocycles. The zero-order chi connectivity index (χ0) is 16.5. The van der Waals surface area contributed by atoms with Gasteiger partial charge in [-0.2, -0.15) is 5.10 Å². The lowest BCUT2D eigenvalue weighted by Crippen LogP contribution is -1.99. The molecule has 0 spiro atoms. The fraction of sp³-hybridized carbons (Fsp3) is 0.0556. The van der Waals surface area contributed by atoms with E-state index in [1.807, 2.05) is 41.1 Å². The van der Waals surface area contributed by atoms with E-state index in [9.17, 15) is 0 Å². The minimum atomic E-state index is 0.737. The summed E-state index contributed by atoms with van der Waals surface area (Å²) in [6.07, 6.45) is 3.34. The maximum absolute atomic E-state index is 4.49. The fourth-order valence-corrected chi connectivity index (χ4v) is 2.83. The molecule has 0 saturated heterocycles. The van der Waals surface area contributed by atoms with Crippen molar-refractivity contribution in [3.63, 3.8) is 0 Å². The number of fused-ring (bicyclic) bond motifs is 1. The number of benzene rings is 2. The van der Waals surface area contributed by atoms with E-state index >= 15 is 0 Å². The molecule has 0 amide bonds. The molecule has 0 fully saturated rings. The number of anilines is 2. The number of nitrogens with zero attached hydrogens (tertiary/aromatic N) is 4. The third-order valence-corrected chi connectivity index (χ3v) is 4.25. The minimum Gasteiger partial charge on any atom is -0.340 e. The molecule has 0 bridgehead atoms. The highest BCUT2D eigenvalue weighted by atomic mass is 79.9. The predicted molar refractivity (Wildman–Crippen MR) is 98.8 cm³/mol. The predicted octanol–water partition coefficient (Wildman–Crippen LogP) is 4.63. The molecule has 118 valence electrons. The molecule has 2 aromatic heterocycles. The Morgan fingerprint density at radius 3 is 2.67 bits per heavy atom. The second-order valence-electron chi connectivity index (χ2n) is 5.49. The number of hydrogen-bond acceptors (Lipinski definition) is 4. The molecule has 4 rings (SSSR count). The van der Waals surface area contributed by atoms with Crippen LogP contribution in [0.1, 0.15) is 5.56 Å². The first-order valence-corrected chi connectivity index (χ1v) is 8.28. The molecule has 0 radical (unpaired) electrons. The summed E-state index contributed by atoms with van der Waals surface area (Å²) in [6, 6.07) is 16.1. The van der Waals surface area contributed by atoms with Gasteiger partial charge in [0.1, 0.15) is 12.1 Å². The van der Waals surface area contributed by atoms with Crippen molar-refractivity contribution in [2.24, 2.45) is 0 Å². The number of hydrogen-bond donors (Lipinski definition) is 1. The second-order valence-corrected chi connectivity index (χ2v) is 6.40. The Morgan fingerprint density at radius 2 is 1.88 bits per heavy atom. The van der Waals surface area contributed by atoms with Gasteiger partial charge in [0, 0.05) is 10.2 Å². The fourth-order valence-electron chi connectivity index (χ4n) is 2.56. The Labute approximate surface area is 147 Å². The number of rotatable bonds is 3. The van der Waals surface area contributed by atoms with Gasteiger partial charge in [0.25, 0.3) is 0 Å². The molecule has 0 unspecified atom stereocenters. The molecule has 0 aliphatic carbocycles. The van der Waals surface area contributed by atoms with Crippen molar-refractivity contribution in [3.8, 4) is 5.69 Å². The Kier molecular flexibility index (Phi) is 3.74. The van der Waals surface area contributed by atoms with Crippen LogP contribution in [0.3, 0.4) is 0 Å². The van der Waals surface area contributed by atoms with E-state index in [0.717, 1.165) is 32.7 Å². The zero-order valence-corrected chi connectivity index (χ0v) is 14.5. The number of nitrogens with one attached hydrogen (secondary N) is 1. The zero-order valence-electron chi connectivity index (χ0n) is 12.9. The first kappa shape index (κ1) is 14.8. The summed E-state index contributed by atoms with van der Waals surface area (Å²) in [4.78, 5) is 8.77. The maximum atomic E-state index is 4.49. The molecular formula is C18H14BrN5. The van der Waals surface area contributed by atoms with Crippen LogP contribution >= 0.6 is 15.9 Å². The van der Waals surface area contributed by atoms with Crippen LogP contribution in [0.5, 0.6) is 0 Å². The van der Waals surface area contributed by atoms with Gasteiger partial charge in [-0.05, 0) is 48.9 Å². The lowest BCUT2D eigenvalue weighted by Gasteiger charge is -2.07. The second kappa shape index (κ2) is 6.05. The van der Waals surface area contributed by atoms with E-state index in [1.54, 1.807) is 12.5 Å². The molecule has 0 aliphatic heterocycles. The van der Waals surface area contributed by atoms with E-state index in [0.29, 0.717) is 0 Å². The van der Waals surface area contributed by atoms with Crippen molar-refractivity contribution >= 4 is 38.5 Å². The first-order valence-electron chi connectivity index (χ1n) is 7.49. The molecule has 6 heteroatoms. The van der Waals surface area contributed by atoms with E-state index < -0.39 is 0 Å². The van der Waals surface area contributed by atoms with Crippen LogP contribution < -0.4 is 5.32 Å². The van der Waals surface area contributed by atoms with Gasteiger partial charge in [0.15, 0.2) is 5.65 Å². The normalized spacial score (nSPS) is 10.9. The van der Waals surface area contributed by atoms with Crippen LogP contribution in [0.4, 0.5) is 11.5 Å².